The van der Waals surface area contributed by atoms with Crippen molar-refractivity contribution >= 4 is 27.8 Å². The van der Waals surface area contributed by atoms with Gasteiger partial charge in [-0.2, -0.15) is 10.5 Å². The van der Waals surface area contributed by atoms with Gasteiger partial charge in [0.25, 0.3) is 0 Å². The van der Waals surface area contributed by atoms with E-state index in [4.69, 9.17) is 10.00 Å². The van der Waals surface area contributed by atoms with E-state index in [0.717, 1.165) is 5.56 Å². The smallest absolute Gasteiger partial charge is 0.203 e. The van der Waals surface area contributed by atoms with Crippen LogP contribution in [0.1, 0.15) is 27.0 Å². The van der Waals surface area contributed by atoms with Gasteiger partial charge >= 0.3 is 0 Å². The van der Waals surface area contributed by atoms with Crippen molar-refractivity contribution in [2.75, 3.05) is 0 Å². The zero-order valence-corrected chi connectivity index (χ0v) is 16.9. The van der Waals surface area contributed by atoms with Crippen molar-refractivity contribution in [1.82, 2.24) is 0 Å². The Morgan fingerprint density at radius 2 is 1.72 bits per heavy atom. The number of benzene rings is 3. The molecule has 3 aromatic rings. The molecule has 3 aromatic carbocycles. The summed E-state index contributed by atoms with van der Waals surface area (Å²) < 4.78 is 6.53. The van der Waals surface area contributed by atoms with Gasteiger partial charge < -0.3 is 4.74 Å². The number of allylic oxidation sites excluding steroid dienone is 1. The van der Waals surface area contributed by atoms with E-state index >= 15 is 0 Å². The Morgan fingerprint density at radius 3 is 2.34 bits per heavy atom. The standard InChI is InChI=1S/C24H15BrN2O2/c25-22-13-19(12-21(15-27)24(28)20-4-2-1-3-5-20)10-11-23(22)29-16-18-8-6-17(14-26)7-9-18/h1-13H,16H2/b21-12+. The van der Waals surface area contributed by atoms with Gasteiger partial charge in [0.15, 0.2) is 0 Å². The highest BCUT2D eigenvalue weighted by Crippen LogP contribution is 2.28. The van der Waals surface area contributed by atoms with Crippen molar-refractivity contribution < 1.29 is 9.53 Å². The van der Waals surface area contributed by atoms with E-state index in [1.165, 1.54) is 0 Å². The molecule has 0 aliphatic carbocycles. The van der Waals surface area contributed by atoms with E-state index in [2.05, 4.69) is 22.0 Å². The Labute approximate surface area is 177 Å². The van der Waals surface area contributed by atoms with Crippen LogP contribution in [0.15, 0.2) is 82.8 Å². The molecule has 0 spiro atoms. The number of rotatable bonds is 6. The topological polar surface area (TPSA) is 73.9 Å². The van der Waals surface area contributed by atoms with Crippen LogP contribution in [-0.2, 0) is 6.61 Å². The Balaban J connectivity index is 1.74. The van der Waals surface area contributed by atoms with Crippen molar-refractivity contribution in [3.05, 3.63) is 105 Å². The molecular formula is C24H15BrN2O2. The fourth-order valence-corrected chi connectivity index (χ4v) is 3.13. The monoisotopic (exact) mass is 442 g/mol. The fourth-order valence-electron chi connectivity index (χ4n) is 2.62. The lowest BCUT2D eigenvalue weighted by Crippen LogP contribution is -2.01. The van der Waals surface area contributed by atoms with E-state index in [-0.39, 0.29) is 11.4 Å². The molecule has 0 radical (unpaired) electrons. The highest BCUT2D eigenvalue weighted by atomic mass is 79.9. The zero-order valence-electron chi connectivity index (χ0n) is 15.3. The molecule has 5 heteroatoms. The van der Waals surface area contributed by atoms with Gasteiger partial charge in [0, 0.05) is 5.56 Å². The minimum absolute atomic E-state index is 0.0642. The van der Waals surface area contributed by atoms with Crippen LogP contribution in [0.2, 0.25) is 0 Å². The number of ether oxygens (including phenoxy) is 1. The number of ketones is 1. The quantitative estimate of drug-likeness (QED) is 0.279. The van der Waals surface area contributed by atoms with E-state index in [1.807, 2.05) is 24.3 Å². The molecule has 0 bridgehead atoms. The van der Waals surface area contributed by atoms with Crippen LogP contribution in [0, 0.1) is 22.7 Å². The third-order valence-corrected chi connectivity index (χ3v) is 4.77. The molecule has 0 N–H and O–H groups in total. The molecule has 0 saturated carbocycles. The molecule has 140 valence electrons. The predicted octanol–water partition coefficient (Wildman–Crippen LogP) is 5.69. The average Bonchev–Trinajstić information content (AvgIpc) is 2.77. The van der Waals surface area contributed by atoms with Gasteiger partial charge in [-0.3, -0.25) is 4.79 Å². The summed E-state index contributed by atoms with van der Waals surface area (Å²) in [5.74, 6) is 0.324. The van der Waals surface area contributed by atoms with E-state index < -0.39 is 0 Å². The lowest BCUT2D eigenvalue weighted by atomic mass is 10.0. The Hall–Kier alpha value is -3.67. The summed E-state index contributed by atoms with van der Waals surface area (Å²) in [6.07, 6.45) is 1.56. The van der Waals surface area contributed by atoms with Crippen molar-refractivity contribution in [1.29, 1.82) is 10.5 Å². The molecular weight excluding hydrogens is 428 g/mol. The summed E-state index contributed by atoms with van der Waals surface area (Å²) in [7, 11) is 0. The molecule has 0 fully saturated rings. The SMILES string of the molecule is N#C/C(=C\c1ccc(OCc2ccc(C#N)cc2)c(Br)c1)C(=O)c1ccccc1. The van der Waals surface area contributed by atoms with Crippen molar-refractivity contribution in [3.63, 3.8) is 0 Å². The van der Waals surface area contributed by atoms with Crippen LogP contribution in [0.25, 0.3) is 6.08 Å². The van der Waals surface area contributed by atoms with Crippen LogP contribution in [0.3, 0.4) is 0 Å². The molecule has 0 aromatic heterocycles. The first-order chi connectivity index (χ1) is 14.1. The maximum absolute atomic E-state index is 12.5. The largest absolute Gasteiger partial charge is 0.488 e. The third kappa shape index (κ3) is 5.19. The van der Waals surface area contributed by atoms with Crippen LogP contribution >= 0.6 is 15.9 Å². The summed E-state index contributed by atoms with van der Waals surface area (Å²) in [4.78, 5) is 12.5. The first kappa shape index (κ1) is 20.1. The summed E-state index contributed by atoms with van der Waals surface area (Å²) in [5.41, 5.74) is 2.80. The molecule has 0 aliphatic rings. The lowest BCUT2D eigenvalue weighted by Gasteiger charge is -2.09. The number of Topliss-reactive ketones (excluding diaryl/α,β-unsaturated/α-hetero) is 1. The van der Waals surface area contributed by atoms with Gasteiger partial charge in [-0.15, -0.1) is 0 Å². The summed E-state index contributed by atoms with van der Waals surface area (Å²) >= 11 is 3.47. The number of nitriles is 2. The number of hydrogen-bond acceptors (Lipinski definition) is 4. The predicted molar refractivity (Wildman–Crippen MR) is 114 cm³/mol. The second-order valence-corrected chi connectivity index (χ2v) is 7.01. The molecule has 0 amide bonds. The second kappa shape index (κ2) is 9.50. The first-order valence-electron chi connectivity index (χ1n) is 8.73. The van der Waals surface area contributed by atoms with Crippen LogP contribution < -0.4 is 4.74 Å². The van der Waals surface area contributed by atoms with E-state index in [9.17, 15) is 10.1 Å². The van der Waals surface area contributed by atoms with Crippen LogP contribution in [0.4, 0.5) is 0 Å². The number of carbonyl (C=O) groups excluding carboxylic acids is 1. The van der Waals surface area contributed by atoms with E-state index in [1.54, 1.807) is 60.7 Å². The Bertz CT molecular complexity index is 1140. The highest BCUT2D eigenvalue weighted by molar-refractivity contribution is 9.10. The highest BCUT2D eigenvalue weighted by Gasteiger charge is 2.12. The van der Waals surface area contributed by atoms with Gasteiger partial charge in [0.05, 0.1) is 16.1 Å². The molecule has 0 unspecified atom stereocenters. The minimum atomic E-state index is -0.314. The summed E-state index contributed by atoms with van der Waals surface area (Å²) in [5, 5.41) is 18.2. The summed E-state index contributed by atoms with van der Waals surface area (Å²) in [6, 6.07) is 25.3. The van der Waals surface area contributed by atoms with Crippen LogP contribution in [-0.4, -0.2) is 5.78 Å². The number of hydrogen-bond donors (Lipinski definition) is 0. The lowest BCUT2D eigenvalue weighted by molar-refractivity contribution is 0.104. The Morgan fingerprint density at radius 1 is 1.00 bits per heavy atom. The molecule has 0 aliphatic heterocycles. The van der Waals surface area contributed by atoms with Crippen molar-refractivity contribution in [3.8, 4) is 17.9 Å². The van der Waals surface area contributed by atoms with Crippen LogP contribution in [0.5, 0.6) is 5.75 Å². The third-order valence-electron chi connectivity index (χ3n) is 4.15. The normalized spacial score (nSPS) is 10.7. The maximum atomic E-state index is 12.5. The Kier molecular flexibility index (Phi) is 6.58. The number of nitrogens with zero attached hydrogens (tertiary/aromatic N) is 2. The molecule has 0 heterocycles. The maximum Gasteiger partial charge on any atom is 0.203 e. The van der Waals surface area contributed by atoms with E-state index in [0.29, 0.717) is 33.5 Å². The zero-order chi connectivity index (χ0) is 20.6. The fraction of sp³-hybridized carbons (Fsp3) is 0.0417. The molecule has 3 rings (SSSR count). The van der Waals surface area contributed by atoms with Gasteiger partial charge in [0.1, 0.15) is 24.0 Å². The van der Waals surface area contributed by atoms with Gasteiger partial charge in [-0.05, 0) is 57.4 Å². The van der Waals surface area contributed by atoms with Crippen molar-refractivity contribution in [2.45, 2.75) is 6.61 Å². The summed E-state index contributed by atoms with van der Waals surface area (Å²) in [6.45, 7) is 0.357. The van der Waals surface area contributed by atoms with Crippen molar-refractivity contribution in [2.24, 2.45) is 0 Å². The average molecular weight is 443 g/mol. The first-order valence-corrected chi connectivity index (χ1v) is 9.53. The molecule has 0 atom stereocenters. The number of halogens is 1. The molecule has 4 nitrogen and oxygen atoms in total. The minimum Gasteiger partial charge on any atom is -0.488 e. The molecule has 0 saturated heterocycles. The number of carbonyl (C=O) groups is 1. The molecule has 29 heavy (non-hydrogen) atoms. The van der Waals surface area contributed by atoms with Gasteiger partial charge in [-0.1, -0.05) is 48.5 Å². The second-order valence-electron chi connectivity index (χ2n) is 6.15. The van der Waals surface area contributed by atoms with Gasteiger partial charge in [-0.25, -0.2) is 0 Å². The van der Waals surface area contributed by atoms with Gasteiger partial charge in [0.2, 0.25) is 5.78 Å².